The summed E-state index contributed by atoms with van der Waals surface area (Å²) in [4.78, 5) is 36.5. The van der Waals surface area contributed by atoms with Crippen molar-refractivity contribution in [3.63, 3.8) is 0 Å². The van der Waals surface area contributed by atoms with E-state index in [1.807, 2.05) is 48.5 Å². The summed E-state index contributed by atoms with van der Waals surface area (Å²) in [5, 5.41) is 5.77. The molecular weight excluding hydrogens is 392 g/mol. The molecular formula is C25H48N2O4. The lowest BCUT2D eigenvalue weighted by Gasteiger charge is -2.33. The van der Waals surface area contributed by atoms with Crippen molar-refractivity contribution in [2.45, 2.75) is 119 Å². The van der Waals surface area contributed by atoms with Crippen LogP contribution in [0.5, 0.6) is 0 Å². The fourth-order valence-electron chi connectivity index (χ4n) is 3.56. The van der Waals surface area contributed by atoms with Crippen molar-refractivity contribution in [1.29, 1.82) is 0 Å². The molecule has 0 bridgehead atoms. The SMILES string of the molecule is CCC(=O)CCC(C)(C)OCCC(C)(C)NC(=O)CNC(=O)C(C)(C)CC(C)(C)CC. The van der Waals surface area contributed by atoms with Gasteiger partial charge < -0.3 is 15.4 Å². The summed E-state index contributed by atoms with van der Waals surface area (Å²) < 4.78 is 5.97. The maximum Gasteiger partial charge on any atom is 0.239 e. The number of carbonyl (C=O) groups excluding carboxylic acids is 3. The van der Waals surface area contributed by atoms with Gasteiger partial charge in [-0.05, 0) is 52.4 Å². The van der Waals surface area contributed by atoms with E-state index >= 15 is 0 Å². The highest BCUT2D eigenvalue weighted by Gasteiger charge is 2.34. The van der Waals surface area contributed by atoms with Crippen LogP contribution in [0.3, 0.4) is 0 Å². The fourth-order valence-corrected chi connectivity index (χ4v) is 3.56. The second-order valence-electron chi connectivity index (χ2n) is 11.4. The number of nitrogens with one attached hydrogen (secondary N) is 2. The molecule has 0 aliphatic rings. The first-order valence-electron chi connectivity index (χ1n) is 11.7. The third-order valence-corrected chi connectivity index (χ3v) is 6.00. The van der Waals surface area contributed by atoms with E-state index in [9.17, 15) is 14.4 Å². The molecule has 2 N–H and O–H groups in total. The average molecular weight is 441 g/mol. The topological polar surface area (TPSA) is 84.5 Å². The summed E-state index contributed by atoms with van der Waals surface area (Å²) in [5.41, 5.74) is -1.30. The molecule has 0 saturated heterocycles. The Labute approximate surface area is 190 Å². The van der Waals surface area contributed by atoms with Crippen LogP contribution in [0, 0.1) is 10.8 Å². The number of ether oxygens (including phenoxy) is 1. The first-order chi connectivity index (χ1) is 14.0. The van der Waals surface area contributed by atoms with Crippen LogP contribution < -0.4 is 10.6 Å². The van der Waals surface area contributed by atoms with E-state index < -0.39 is 11.0 Å². The summed E-state index contributed by atoms with van der Waals surface area (Å²) in [6, 6.07) is 0. The minimum Gasteiger partial charge on any atom is -0.375 e. The van der Waals surface area contributed by atoms with Crippen LogP contribution in [-0.4, -0.2) is 41.9 Å². The number of hydrogen-bond donors (Lipinski definition) is 2. The van der Waals surface area contributed by atoms with Crippen molar-refractivity contribution in [1.82, 2.24) is 10.6 Å². The van der Waals surface area contributed by atoms with E-state index in [1.165, 1.54) is 0 Å². The second kappa shape index (κ2) is 12.0. The number of hydrogen-bond acceptors (Lipinski definition) is 4. The van der Waals surface area contributed by atoms with Gasteiger partial charge in [0, 0.05) is 30.4 Å². The average Bonchev–Trinajstić information content (AvgIpc) is 2.62. The molecule has 0 fully saturated rings. The van der Waals surface area contributed by atoms with Crippen molar-refractivity contribution in [3.05, 3.63) is 0 Å². The van der Waals surface area contributed by atoms with Gasteiger partial charge in [-0.2, -0.15) is 0 Å². The van der Waals surface area contributed by atoms with Crippen molar-refractivity contribution in [2.75, 3.05) is 13.2 Å². The van der Waals surface area contributed by atoms with Gasteiger partial charge in [0.25, 0.3) is 0 Å². The summed E-state index contributed by atoms with van der Waals surface area (Å²) in [7, 11) is 0. The molecule has 0 aliphatic carbocycles. The predicted molar refractivity (Wildman–Crippen MR) is 127 cm³/mol. The zero-order valence-electron chi connectivity index (χ0n) is 21.8. The molecule has 182 valence electrons. The molecule has 0 aromatic carbocycles. The van der Waals surface area contributed by atoms with E-state index in [0.717, 1.165) is 12.8 Å². The van der Waals surface area contributed by atoms with Crippen molar-refractivity contribution in [3.8, 4) is 0 Å². The van der Waals surface area contributed by atoms with E-state index in [4.69, 9.17) is 4.74 Å². The molecule has 6 nitrogen and oxygen atoms in total. The first kappa shape index (κ1) is 29.6. The lowest BCUT2D eigenvalue weighted by Crippen LogP contribution is -2.50. The number of amides is 2. The van der Waals surface area contributed by atoms with Crippen LogP contribution in [0.25, 0.3) is 0 Å². The summed E-state index contributed by atoms with van der Waals surface area (Å²) in [5.74, 6) is -0.0712. The Morgan fingerprint density at radius 2 is 1.45 bits per heavy atom. The van der Waals surface area contributed by atoms with Crippen LogP contribution in [0.1, 0.15) is 108 Å². The van der Waals surface area contributed by atoms with Gasteiger partial charge in [0.15, 0.2) is 0 Å². The van der Waals surface area contributed by atoms with Gasteiger partial charge in [0.1, 0.15) is 5.78 Å². The number of carbonyl (C=O) groups is 3. The van der Waals surface area contributed by atoms with E-state index in [1.54, 1.807) is 0 Å². The Kier molecular flexibility index (Phi) is 11.4. The number of Topliss-reactive ketones (excluding diaryl/α,β-unsaturated/α-hetero) is 1. The molecule has 0 aromatic heterocycles. The molecule has 0 spiro atoms. The number of ketones is 1. The van der Waals surface area contributed by atoms with E-state index in [2.05, 4.69) is 31.4 Å². The Bertz CT molecular complexity index is 607. The van der Waals surface area contributed by atoms with Crippen LogP contribution in [0.4, 0.5) is 0 Å². The van der Waals surface area contributed by atoms with Gasteiger partial charge in [-0.25, -0.2) is 0 Å². The predicted octanol–water partition coefficient (Wildman–Crippen LogP) is 4.79. The third kappa shape index (κ3) is 12.9. The van der Waals surface area contributed by atoms with Crippen LogP contribution in [0.15, 0.2) is 0 Å². The normalized spacial score (nSPS) is 13.1. The standard InChI is InChI=1S/C25H48N2O4/c1-11-19(28)13-14-25(9,10)31-16-15-24(7,8)27-20(29)17-26-21(30)23(5,6)18-22(3,4)12-2/h11-18H2,1-10H3,(H,26,30)(H,27,29). The van der Waals surface area contributed by atoms with Crippen LogP contribution >= 0.6 is 0 Å². The molecule has 0 aromatic rings. The molecule has 2 amide bonds. The molecule has 0 saturated carbocycles. The van der Waals surface area contributed by atoms with Gasteiger partial charge in [0.05, 0.1) is 12.1 Å². The van der Waals surface area contributed by atoms with Gasteiger partial charge in [-0.3, -0.25) is 14.4 Å². The fraction of sp³-hybridized carbons (Fsp3) is 0.880. The molecule has 0 rings (SSSR count). The minimum atomic E-state index is -0.534. The van der Waals surface area contributed by atoms with Gasteiger partial charge in [0.2, 0.25) is 11.8 Å². The maximum absolute atomic E-state index is 12.6. The third-order valence-electron chi connectivity index (χ3n) is 6.00. The molecule has 0 atom stereocenters. The highest BCUT2D eigenvalue weighted by atomic mass is 16.5. The molecule has 0 unspecified atom stereocenters. The quantitative estimate of drug-likeness (QED) is 0.383. The molecule has 0 radical (unpaired) electrons. The molecule has 0 aliphatic heterocycles. The lowest BCUT2D eigenvalue weighted by molar-refractivity contribution is -0.133. The summed E-state index contributed by atoms with van der Waals surface area (Å²) in [6.07, 6.45) is 4.14. The first-order valence-corrected chi connectivity index (χ1v) is 11.7. The Morgan fingerprint density at radius 3 is 1.97 bits per heavy atom. The second-order valence-corrected chi connectivity index (χ2v) is 11.4. The monoisotopic (exact) mass is 440 g/mol. The smallest absolute Gasteiger partial charge is 0.239 e. The Hall–Kier alpha value is -1.43. The van der Waals surface area contributed by atoms with Gasteiger partial charge in [-0.1, -0.05) is 48.0 Å². The lowest BCUT2D eigenvalue weighted by atomic mass is 9.73. The minimum absolute atomic E-state index is 0.0380. The molecule has 6 heteroatoms. The van der Waals surface area contributed by atoms with Crippen molar-refractivity contribution >= 4 is 17.6 Å². The van der Waals surface area contributed by atoms with E-state index in [-0.39, 0.29) is 35.2 Å². The Morgan fingerprint density at radius 1 is 0.871 bits per heavy atom. The molecule has 0 heterocycles. The largest absolute Gasteiger partial charge is 0.375 e. The highest BCUT2D eigenvalue weighted by Crippen LogP contribution is 2.36. The van der Waals surface area contributed by atoms with Crippen LogP contribution in [0.2, 0.25) is 0 Å². The maximum atomic E-state index is 12.6. The number of rotatable bonds is 15. The zero-order valence-corrected chi connectivity index (χ0v) is 21.8. The van der Waals surface area contributed by atoms with Gasteiger partial charge in [-0.15, -0.1) is 0 Å². The molecule has 31 heavy (non-hydrogen) atoms. The zero-order chi connectivity index (χ0) is 24.5. The summed E-state index contributed by atoms with van der Waals surface area (Å²) in [6.45, 7) is 20.5. The van der Waals surface area contributed by atoms with Crippen LogP contribution in [-0.2, 0) is 19.1 Å². The van der Waals surface area contributed by atoms with Gasteiger partial charge >= 0.3 is 0 Å². The Balaban J connectivity index is 4.48. The highest BCUT2D eigenvalue weighted by molar-refractivity contribution is 5.87. The van der Waals surface area contributed by atoms with Crippen molar-refractivity contribution < 1.29 is 19.1 Å². The van der Waals surface area contributed by atoms with E-state index in [0.29, 0.717) is 32.3 Å². The summed E-state index contributed by atoms with van der Waals surface area (Å²) >= 11 is 0. The van der Waals surface area contributed by atoms with Crippen molar-refractivity contribution in [2.24, 2.45) is 10.8 Å².